The van der Waals surface area contributed by atoms with Crippen molar-refractivity contribution in [3.63, 3.8) is 0 Å². The molecule has 1 atom stereocenters. The molecule has 94 valence electrons. The van der Waals surface area contributed by atoms with Crippen molar-refractivity contribution in [2.24, 2.45) is 0 Å². The molecule has 0 amide bonds. The van der Waals surface area contributed by atoms with Crippen LogP contribution in [0.4, 0.5) is 0 Å². The van der Waals surface area contributed by atoms with Crippen molar-refractivity contribution in [3.05, 3.63) is 33.8 Å². The van der Waals surface area contributed by atoms with Crippen molar-refractivity contribution >= 4 is 23.2 Å². The highest BCUT2D eigenvalue weighted by Crippen LogP contribution is 2.27. The molecule has 1 aliphatic rings. The minimum absolute atomic E-state index is 0.583. The minimum atomic E-state index is 0.583. The SMILES string of the molecule is CC1CCNCCN1Cc1cccc(Cl)c1Cl. The van der Waals surface area contributed by atoms with Crippen molar-refractivity contribution in [1.82, 2.24) is 10.2 Å². The molecule has 2 nitrogen and oxygen atoms in total. The van der Waals surface area contributed by atoms with Crippen molar-refractivity contribution in [2.45, 2.75) is 25.9 Å². The summed E-state index contributed by atoms with van der Waals surface area (Å²) >= 11 is 12.3. The highest BCUT2D eigenvalue weighted by molar-refractivity contribution is 6.42. The van der Waals surface area contributed by atoms with Crippen LogP contribution in [0.15, 0.2) is 18.2 Å². The minimum Gasteiger partial charge on any atom is -0.315 e. The molecule has 1 saturated heterocycles. The Hall–Kier alpha value is -0.280. The van der Waals surface area contributed by atoms with Crippen molar-refractivity contribution < 1.29 is 0 Å². The molecule has 0 aromatic heterocycles. The van der Waals surface area contributed by atoms with Crippen LogP contribution in [0, 0.1) is 0 Å². The number of hydrogen-bond acceptors (Lipinski definition) is 2. The summed E-state index contributed by atoms with van der Waals surface area (Å²) in [6, 6.07) is 6.43. The second-order valence-corrected chi connectivity index (χ2v) is 5.36. The quantitative estimate of drug-likeness (QED) is 0.890. The fourth-order valence-electron chi connectivity index (χ4n) is 2.19. The highest BCUT2D eigenvalue weighted by Gasteiger charge is 2.18. The predicted octanol–water partition coefficient (Wildman–Crippen LogP) is 3.18. The number of nitrogens with one attached hydrogen (secondary N) is 1. The van der Waals surface area contributed by atoms with Gasteiger partial charge in [-0.15, -0.1) is 0 Å². The molecule has 1 aliphatic heterocycles. The zero-order chi connectivity index (χ0) is 12.3. The van der Waals surface area contributed by atoms with E-state index in [1.54, 1.807) is 0 Å². The van der Waals surface area contributed by atoms with E-state index >= 15 is 0 Å². The lowest BCUT2D eigenvalue weighted by molar-refractivity contribution is 0.211. The van der Waals surface area contributed by atoms with Gasteiger partial charge in [0.05, 0.1) is 10.0 Å². The first-order chi connectivity index (χ1) is 8.18. The summed E-state index contributed by atoms with van der Waals surface area (Å²) in [6.07, 6.45) is 1.18. The second kappa shape index (κ2) is 6.05. The van der Waals surface area contributed by atoms with E-state index < -0.39 is 0 Å². The van der Waals surface area contributed by atoms with Gasteiger partial charge in [-0.05, 0) is 31.5 Å². The fourth-order valence-corrected chi connectivity index (χ4v) is 2.57. The summed E-state index contributed by atoms with van der Waals surface area (Å²) in [5, 5.41) is 4.76. The molecule has 0 aliphatic carbocycles. The van der Waals surface area contributed by atoms with E-state index in [9.17, 15) is 0 Å². The summed E-state index contributed by atoms with van der Waals surface area (Å²) in [7, 11) is 0. The zero-order valence-electron chi connectivity index (χ0n) is 10.0. The van der Waals surface area contributed by atoms with Gasteiger partial charge >= 0.3 is 0 Å². The van der Waals surface area contributed by atoms with Gasteiger partial charge in [0.1, 0.15) is 0 Å². The molecule has 1 unspecified atom stereocenters. The maximum Gasteiger partial charge on any atom is 0.0637 e. The van der Waals surface area contributed by atoms with E-state index in [0.717, 1.165) is 31.7 Å². The van der Waals surface area contributed by atoms with E-state index in [4.69, 9.17) is 23.2 Å². The first kappa shape index (κ1) is 13.2. The molecule has 1 aromatic carbocycles. The Morgan fingerprint density at radius 1 is 1.35 bits per heavy atom. The lowest BCUT2D eigenvalue weighted by atomic mass is 10.1. The average Bonchev–Trinajstić information content (AvgIpc) is 2.51. The lowest BCUT2D eigenvalue weighted by Crippen LogP contribution is -2.33. The van der Waals surface area contributed by atoms with Gasteiger partial charge in [0, 0.05) is 25.7 Å². The van der Waals surface area contributed by atoms with E-state index in [2.05, 4.69) is 23.2 Å². The van der Waals surface area contributed by atoms with Crippen LogP contribution < -0.4 is 5.32 Å². The number of hydrogen-bond donors (Lipinski definition) is 1. The van der Waals surface area contributed by atoms with E-state index in [0.29, 0.717) is 16.1 Å². The van der Waals surface area contributed by atoms with Crippen LogP contribution in [0.2, 0.25) is 10.0 Å². The molecule has 2 rings (SSSR count). The molecule has 1 heterocycles. The Bertz CT molecular complexity index is 382. The largest absolute Gasteiger partial charge is 0.315 e. The molecule has 1 aromatic rings. The van der Waals surface area contributed by atoms with Crippen molar-refractivity contribution in [3.8, 4) is 0 Å². The summed E-state index contributed by atoms with van der Waals surface area (Å²) in [6.45, 7) is 6.35. The molecule has 4 heteroatoms. The number of nitrogens with zero attached hydrogens (tertiary/aromatic N) is 1. The van der Waals surface area contributed by atoms with Gasteiger partial charge in [-0.2, -0.15) is 0 Å². The molecule has 1 N–H and O–H groups in total. The molecular weight excluding hydrogens is 255 g/mol. The van der Waals surface area contributed by atoms with E-state index in [1.807, 2.05) is 12.1 Å². The zero-order valence-corrected chi connectivity index (χ0v) is 11.6. The first-order valence-electron chi connectivity index (χ1n) is 6.06. The average molecular weight is 273 g/mol. The van der Waals surface area contributed by atoms with Gasteiger partial charge in [-0.3, -0.25) is 4.90 Å². The van der Waals surface area contributed by atoms with E-state index in [-0.39, 0.29) is 0 Å². The van der Waals surface area contributed by atoms with Crippen molar-refractivity contribution in [1.29, 1.82) is 0 Å². The van der Waals surface area contributed by atoms with Crippen LogP contribution in [0.1, 0.15) is 18.9 Å². The third kappa shape index (κ3) is 3.35. The first-order valence-corrected chi connectivity index (χ1v) is 6.81. The molecule has 1 fully saturated rings. The van der Waals surface area contributed by atoms with Crippen LogP contribution in [-0.4, -0.2) is 30.6 Å². The molecule has 0 bridgehead atoms. The lowest BCUT2D eigenvalue weighted by Gasteiger charge is -2.27. The Balaban J connectivity index is 2.10. The molecule has 0 saturated carbocycles. The second-order valence-electron chi connectivity index (χ2n) is 4.57. The fraction of sp³-hybridized carbons (Fsp3) is 0.538. The normalized spacial score (nSPS) is 22.4. The monoisotopic (exact) mass is 272 g/mol. The summed E-state index contributed by atoms with van der Waals surface area (Å²) < 4.78 is 0. The number of rotatable bonds is 2. The molecule has 17 heavy (non-hydrogen) atoms. The van der Waals surface area contributed by atoms with Crippen LogP contribution >= 0.6 is 23.2 Å². The Labute approximate surface area is 113 Å². The standard InChI is InChI=1S/C13H18Cl2N2/c1-10-5-6-16-7-8-17(10)9-11-3-2-4-12(14)13(11)15/h2-4,10,16H,5-9H2,1H3. The van der Waals surface area contributed by atoms with Gasteiger partial charge in [-0.25, -0.2) is 0 Å². The third-order valence-corrected chi connectivity index (χ3v) is 4.20. The van der Waals surface area contributed by atoms with Gasteiger partial charge in [0.2, 0.25) is 0 Å². The van der Waals surface area contributed by atoms with Gasteiger partial charge < -0.3 is 5.32 Å². The summed E-state index contributed by atoms with van der Waals surface area (Å²) in [5.41, 5.74) is 1.12. The Morgan fingerprint density at radius 3 is 3.00 bits per heavy atom. The molecule has 0 spiro atoms. The van der Waals surface area contributed by atoms with Gasteiger partial charge in [-0.1, -0.05) is 35.3 Å². The maximum atomic E-state index is 6.23. The van der Waals surface area contributed by atoms with Crippen LogP contribution in [0.3, 0.4) is 0 Å². The highest BCUT2D eigenvalue weighted by atomic mass is 35.5. The predicted molar refractivity (Wildman–Crippen MR) is 73.8 cm³/mol. The van der Waals surface area contributed by atoms with Crippen LogP contribution in [-0.2, 0) is 6.54 Å². The molecular formula is C13H18Cl2N2. The van der Waals surface area contributed by atoms with Crippen LogP contribution in [0.5, 0.6) is 0 Å². The third-order valence-electron chi connectivity index (χ3n) is 3.34. The summed E-state index contributed by atoms with van der Waals surface area (Å²) in [4.78, 5) is 2.46. The topological polar surface area (TPSA) is 15.3 Å². The number of halogens is 2. The van der Waals surface area contributed by atoms with Gasteiger partial charge in [0.25, 0.3) is 0 Å². The van der Waals surface area contributed by atoms with E-state index in [1.165, 1.54) is 6.42 Å². The van der Waals surface area contributed by atoms with Crippen LogP contribution in [0.25, 0.3) is 0 Å². The van der Waals surface area contributed by atoms with Gasteiger partial charge in [0.15, 0.2) is 0 Å². The maximum absolute atomic E-state index is 6.23. The number of benzene rings is 1. The smallest absolute Gasteiger partial charge is 0.0637 e. The summed E-state index contributed by atoms with van der Waals surface area (Å²) in [5.74, 6) is 0. The van der Waals surface area contributed by atoms with Crippen molar-refractivity contribution in [2.75, 3.05) is 19.6 Å². The Kier molecular flexibility index (Phi) is 4.69. The Morgan fingerprint density at radius 2 is 2.18 bits per heavy atom. The molecule has 0 radical (unpaired) electrons.